The quantitative estimate of drug-likeness (QED) is 0.363. The SMILES string of the molecule is C=CCN(c1ccccc1)S(=O)(=O)c1cc(C(=O)Nc2ccc(-n3cccn3)nc2)ccc1Cl. The average molecular weight is 494 g/mol. The Morgan fingerprint density at radius 2 is 1.91 bits per heavy atom. The van der Waals surface area contributed by atoms with E-state index in [-0.39, 0.29) is 22.0 Å². The number of nitrogens with one attached hydrogen (secondary N) is 1. The predicted octanol–water partition coefficient (Wildman–Crippen LogP) is 4.55. The summed E-state index contributed by atoms with van der Waals surface area (Å²) in [7, 11) is -4.08. The second-order valence-corrected chi connectivity index (χ2v) is 9.35. The largest absolute Gasteiger partial charge is 0.321 e. The Bertz CT molecular complexity index is 1410. The molecule has 0 saturated heterocycles. The molecule has 8 nitrogen and oxygen atoms in total. The molecule has 2 aromatic heterocycles. The molecule has 0 saturated carbocycles. The first-order chi connectivity index (χ1) is 16.4. The second kappa shape index (κ2) is 9.90. The Hall–Kier alpha value is -3.95. The average Bonchev–Trinajstić information content (AvgIpc) is 3.38. The first-order valence-electron chi connectivity index (χ1n) is 10.2. The lowest BCUT2D eigenvalue weighted by Crippen LogP contribution is -2.31. The highest BCUT2D eigenvalue weighted by atomic mass is 35.5. The number of sulfonamides is 1. The highest BCUT2D eigenvalue weighted by Crippen LogP contribution is 2.29. The third-order valence-electron chi connectivity index (χ3n) is 4.85. The van der Waals surface area contributed by atoms with Crippen molar-refractivity contribution in [3.8, 4) is 5.82 Å². The van der Waals surface area contributed by atoms with Gasteiger partial charge in [0.25, 0.3) is 15.9 Å². The van der Waals surface area contributed by atoms with Gasteiger partial charge in [0.2, 0.25) is 0 Å². The van der Waals surface area contributed by atoms with Crippen LogP contribution in [-0.4, -0.2) is 35.6 Å². The van der Waals surface area contributed by atoms with E-state index in [1.165, 1.54) is 34.8 Å². The molecule has 0 fully saturated rings. The molecule has 0 aliphatic carbocycles. The molecule has 0 aliphatic heterocycles. The molecule has 0 aliphatic rings. The minimum absolute atomic E-state index is 0.00628. The molecular formula is C24H20ClN5O3S. The summed E-state index contributed by atoms with van der Waals surface area (Å²) in [6.45, 7) is 3.69. The highest BCUT2D eigenvalue weighted by molar-refractivity contribution is 7.93. The van der Waals surface area contributed by atoms with Crippen LogP contribution in [-0.2, 0) is 10.0 Å². The predicted molar refractivity (Wildman–Crippen MR) is 132 cm³/mol. The summed E-state index contributed by atoms with van der Waals surface area (Å²) in [5.74, 6) is 0.0860. The standard InChI is InChI=1S/C24H20ClN5O3S/c1-2-14-30(20-7-4-3-5-8-20)34(32,33)22-16-18(9-11-21(22)25)24(31)28-19-10-12-23(26-17-19)29-15-6-13-27-29/h2-13,15-17H,1,14H2,(H,28,31). The van der Waals surface area contributed by atoms with E-state index < -0.39 is 15.9 Å². The first-order valence-corrected chi connectivity index (χ1v) is 12.0. The number of hydrogen-bond donors (Lipinski definition) is 1. The van der Waals surface area contributed by atoms with E-state index in [4.69, 9.17) is 11.6 Å². The van der Waals surface area contributed by atoms with Crippen molar-refractivity contribution in [3.63, 3.8) is 0 Å². The van der Waals surface area contributed by atoms with Crippen LogP contribution in [0.15, 0.2) is 103 Å². The van der Waals surface area contributed by atoms with Crippen LogP contribution in [0.3, 0.4) is 0 Å². The van der Waals surface area contributed by atoms with Crippen LogP contribution in [0.1, 0.15) is 10.4 Å². The third kappa shape index (κ3) is 4.85. The zero-order valence-electron chi connectivity index (χ0n) is 17.9. The minimum Gasteiger partial charge on any atom is -0.321 e. The normalized spacial score (nSPS) is 11.1. The topological polar surface area (TPSA) is 97.2 Å². The van der Waals surface area contributed by atoms with Crippen molar-refractivity contribution < 1.29 is 13.2 Å². The molecule has 2 heterocycles. The Kier molecular flexibility index (Phi) is 6.76. The fraction of sp³-hybridized carbons (Fsp3) is 0.0417. The Morgan fingerprint density at radius 3 is 2.56 bits per heavy atom. The van der Waals surface area contributed by atoms with Crippen molar-refractivity contribution in [1.29, 1.82) is 0 Å². The third-order valence-corrected chi connectivity index (χ3v) is 7.12. The van der Waals surface area contributed by atoms with Crippen molar-refractivity contribution in [1.82, 2.24) is 14.8 Å². The number of amides is 1. The number of para-hydroxylation sites is 1. The van der Waals surface area contributed by atoms with Gasteiger partial charge in [-0.25, -0.2) is 18.1 Å². The van der Waals surface area contributed by atoms with Crippen LogP contribution in [0.2, 0.25) is 5.02 Å². The van der Waals surface area contributed by atoms with Gasteiger partial charge in [0.15, 0.2) is 5.82 Å². The number of nitrogens with zero attached hydrogens (tertiary/aromatic N) is 4. The lowest BCUT2D eigenvalue weighted by Gasteiger charge is -2.24. The maximum Gasteiger partial charge on any atom is 0.266 e. The van der Waals surface area contributed by atoms with Gasteiger partial charge in [-0.15, -0.1) is 6.58 Å². The number of pyridine rings is 1. The number of halogens is 1. The van der Waals surface area contributed by atoms with E-state index in [2.05, 4.69) is 22.0 Å². The van der Waals surface area contributed by atoms with E-state index >= 15 is 0 Å². The van der Waals surface area contributed by atoms with Gasteiger partial charge < -0.3 is 5.32 Å². The minimum atomic E-state index is -4.08. The monoisotopic (exact) mass is 493 g/mol. The molecule has 0 spiro atoms. The van der Waals surface area contributed by atoms with Crippen LogP contribution >= 0.6 is 11.6 Å². The molecule has 0 radical (unpaired) electrons. The summed E-state index contributed by atoms with van der Waals surface area (Å²) < 4.78 is 29.7. The smallest absolute Gasteiger partial charge is 0.266 e. The number of hydrogen-bond acceptors (Lipinski definition) is 5. The van der Waals surface area contributed by atoms with Crippen LogP contribution < -0.4 is 9.62 Å². The summed E-state index contributed by atoms with van der Waals surface area (Å²) in [6, 6.07) is 17.9. The summed E-state index contributed by atoms with van der Waals surface area (Å²) in [5.41, 5.74) is 1.03. The van der Waals surface area contributed by atoms with E-state index in [9.17, 15) is 13.2 Å². The fourth-order valence-electron chi connectivity index (χ4n) is 3.22. The number of rotatable bonds is 8. The zero-order chi connectivity index (χ0) is 24.1. The second-order valence-electron chi connectivity index (χ2n) is 7.12. The fourth-order valence-corrected chi connectivity index (χ4v) is 5.16. The van der Waals surface area contributed by atoms with Crippen LogP contribution in [0, 0.1) is 0 Å². The number of benzene rings is 2. The maximum atomic E-state index is 13.5. The van der Waals surface area contributed by atoms with Gasteiger partial charge in [-0.1, -0.05) is 35.9 Å². The van der Waals surface area contributed by atoms with Gasteiger partial charge in [-0.2, -0.15) is 5.10 Å². The summed E-state index contributed by atoms with van der Waals surface area (Å²) in [5, 5.41) is 6.82. The lowest BCUT2D eigenvalue weighted by atomic mass is 10.2. The lowest BCUT2D eigenvalue weighted by molar-refractivity contribution is 0.102. The van der Waals surface area contributed by atoms with Crippen molar-refractivity contribution in [3.05, 3.63) is 109 Å². The number of aromatic nitrogens is 3. The number of anilines is 2. The van der Waals surface area contributed by atoms with Crippen molar-refractivity contribution in [2.45, 2.75) is 4.90 Å². The molecular weight excluding hydrogens is 474 g/mol. The highest BCUT2D eigenvalue weighted by Gasteiger charge is 2.27. The maximum absolute atomic E-state index is 13.5. The Labute approximate surface area is 202 Å². The van der Waals surface area contributed by atoms with Crippen LogP contribution in [0.25, 0.3) is 5.82 Å². The van der Waals surface area contributed by atoms with E-state index in [0.29, 0.717) is 17.2 Å². The molecule has 4 rings (SSSR count). The molecule has 4 aromatic rings. The molecule has 10 heteroatoms. The molecule has 34 heavy (non-hydrogen) atoms. The van der Waals surface area contributed by atoms with E-state index in [1.807, 2.05) is 0 Å². The molecule has 0 atom stereocenters. The van der Waals surface area contributed by atoms with Crippen molar-refractivity contribution >= 4 is 38.9 Å². The van der Waals surface area contributed by atoms with Gasteiger partial charge in [0.05, 0.1) is 29.1 Å². The molecule has 172 valence electrons. The van der Waals surface area contributed by atoms with E-state index in [1.54, 1.807) is 65.6 Å². The Balaban J connectivity index is 1.61. The van der Waals surface area contributed by atoms with Crippen LogP contribution in [0.5, 0.6) is 0 Å². The summed E-state index contributed by atoms with van der Waals surface area (Å²) in [6.07, 6.45) is 6.36. The molecule has 2 aromatic carbocycles. The molecule has 0 unspecified atom stereocenters. The van der Waals surface area contributed by atoms with Gasteiger partial charge in [0, 0.05) is 18.0 Å². The summed E-state index contributed by atoms with van der Waals surface area (Å²) in [4.78, 5) is 16.9. The van der Waals surface area contributed by atoms with Crippen molar-refractivity contribution in [2.75, 3.05) is 16.2 Å². The summed E-state index contributed by atoms with van der Waals surface area (Å²) >= 11 is 6.26. The van der Waals surface area contributed by atoms with Gasteiger partial charge in [-0.3, -0.25) is 9.10 Å². The molecule has 1 amide bonds. The van der Waals surface area contributed by atoms with Gasteiger partial charge in [-0.05, 0) is 48.5 Å². The number of carbonyl (C=O) groups excluding carboxylic acids is 1. The van der Waals surface area contributed by atoms with Crippen molar-refractivity contribution in [2.24, 2.45) is 0 Å². The first kappa shape index (κ1) is 23.2. The Morgan fingerprint density at radius 1 is 1.12 bits per heavy atom. The van der Waals surface area contributed by atoms with Crippen LogP contribution in [0.4, 0.5) is 11.4 Å². The van der Waals surface area contributed by atoms with Gasteiger partial charge in [0.1, 0.15) is 4.90 Å². The molecule has 0 bridgehead atoms. The number of carbonyl (C=O) groups is 1. The molecule has 1 N–H and O–H groups in total. The van der Waals surface area contributed by atoms with E-state index in [0.717, 1.165) is 0 Å². The van der Waals surface area contributed by atoms with Gasteiger partial charge >= 0.3 is 0 Å². The zero-order valence-corrected chi connectivity index (χ0v) is 19.4.